The molecule has 39 heavy (non-hydrogen) atoms. The quantitative estimate of drug-likeness (QED) is 0.206. The van der Waals surface area contributed by atoms with Crippen LogP contribution in [0, 0.1) is 18.3 Å². The van der Waals surface area contributed by atoms with Crippen LogP contribution in [0.1, 0.15) is 16.7 Å². The van der Waals surface area contributed by atoms with E-state index in [1.54, 1.807) is 23.0 Å². The number of ether oxygens (including phenoxy) is 1. The number of aromatic nitrogens is 2. The first-order valence-corrected chi connectivity index (χ1v) is 13.8. The van der Waals surface area contributed by atoms with Gasteiger partial charge in [-0.3, -0.25) is 0 Å². The van der Waals surface area contributed by atoms with Gasteiger partial charge in [0.2, 0.25) is 9.84 Å². The summed E-state index contributed by atoms with van der Waals surface area (Å²) in [6.07, 6.45) is 3.11. The van der Waals surface area contributed by atoms with E-state index in [0.29, 0.717) is 23.6 Å². The zero-order chi connectivity index (χ0) is 27.2. The highest BCUT2D eigenvalue weighted by Crippen LogP contribution is 2.30. The third kappa shape index (κ3) is 5.82. The molecular formula is C32H25N3O3S. The van der Waals surface area contributed by atoms with Crippen molar-refractivity contribution in [1.29, 1.82) is 5.26 Å². The Morgan fingerprint density at radius 1 is 0.897 bits per heavy atom. The van der Waals surface area contributed by atoms with Crippen LogP contribution in [0.5, 0.6) is 5.75 Å². The number of hydrogen-bond donors (Lipinski definition) is 0. The van der Waals surface area contributed by atoms with E-state index in [1.165, 1.54) is 18.2 Å². The minimum absolute atomic E-state index is 0.0674. The molecule has 0 aliphatic rings. The highest BCUT2D eigenvalue weighted by atomic mass is 32.2. The van der Waals surface area contributed by atoms with E-state index in [0.717, 1.165) is 22.4 Å². The van der Waals surface area contributed by atoms with Crippen LogP contribution in [0.3, 0.4) is 0 Å². The highest BCUT2D eigenvalue weighted by molar-refractivity contribution is 7.95. The largest absolute Gasteiger partial charge is 0.489 e. The molecule has 4 aromatic carbocycles. The number of hydrogen-bond acceptors (Lipinski definition) is 5. The molecule has 1 aromatic heterocycles. The molecule has 0 aliphatic carbocycles. The second kappa shape index (κ2) is 11.2. The van der Waals surface area contributed by atoms with Crippen LogP contribution in [0.2, 0.25) is 0 Å². The molecule has 0 atom stereocenters. The van der Waals surface area contributed by atoms with Crippen LogP contribution >= 0.6 is 0 Å². The van der Waals surface area contributed by atoms with Crippen LogP contribution in [-0.2, 0) is 16.4 Å². The highest BCUT2D eigenvalue weighted by Gasteiger charge is 2.22. The Morgan fingerprint density at radius 2 is 1.54 bits per heavy atom. The number of aryl methyl sites for hydroxylation is 1. The number of para-hydroxylation sites is 1. The van der Waals surface area contributed by atoms with Crippen LogP contribution in [0.25, 0.3) is 23.0 Å². The van der Waals surface area contributed by atoms with Gasteiger partial charge in [-0.1, -0.05) is 66.2 Å². The standard InChI is InChI=1S/C32H25N3O3S/c1-24-12-18-30(19-13-24)39(36,37)31(21-33)20-27-22-35(28-10-6-3-7-11-28)34-32(27)26-14-16-29(17-15-26)38-23-25-8-4-2-5-9-25/h2-20,22H,23H2,1H3/b31-20-. The van der Waals surface area contributed by atoms with Crippen LogP contribution < -0.4 is 4.74 Å². The van der Waals surface area contributed by atoms with Crippen molar-refractivity contribution in [3.05, 3.63) is 137 Å². The molecule has 0 aliphatic heterocycles. The first-order valence-electron chi connectivity index (χ1n) is 12.3. The lowest BCUT2D eigenvalue weighted by atomic mass is 10.1. The SMILES string of the molecule is Cc1ccc(S(=O)(=O)/C(C#N)=C\c2cn(-c3ccccc3)nc2-c2ccc(OCc3ccccc3)cc2)cc1. The molecule has 0 spiro atoms. The monoisotopic (exact) mass is 531 g/mol. The van der Waals surface area contributed by atoms with E-state index in [-0.39, 0.29) is 9.80 Å². The average molecular weight is 532 g/mol. The summed E-state index contributed by atoms with van der Waals surface area (Å²) in [4.78, 5) is -0.291. The maximum Gasteiger partial charge on any atom is 0.216 e. The summed E-state index contributed by atoms with van der Waals surface area (Å²) >= 11 is 0. The average Bonchev–Trinajstić information content (AvgIpc) is 3.40. The molecular weight excluding hydrogens is 506 g/mol. The van der Waals surface area contributed by atoms with Crippen molar-refractivity contribution in [2.24, 2.45) is 0 Å². The second-order valence-electron chi connectivity index (χ2n) is 8.95. The molecule has 0 unspecified atom stereocenters. The lowest BCUT2D eigenvalue weighted by molar-refractivity contribution is 0.306. The van der Waals surface area contributed by atoms with Crippen molar-refractivity contribution < 1.29 is 13.2 Å². The van der Waals surface area contributed by atoms with Gasteiger partial charge < -0.3 is 4.74 Å². The number of rotatable bonds is 8. The Morgan fingerprint density at radius 3 is 2.18 bits per heavy atom. The number of allylic oxidation sites excluding steroid dienone is 1. The topological polar surface area (TPSA) is 85.0 Å². The lowest BCUT2D eigenvalue weighted by Crippen LogP contribution is -2.03. The summed E-state index contributed by atoms with van der Waals surface area (Å²) in [7, 11) is -4.02. The Balaban J connectivity index is 1.52. The maximum atomic E-state index is 13.3. The minimum Gasteiger partial charge on any atom is -0.489 e. The number of nitriles is 1. The second-order valence-corrected chi connectivity index (χ2v) is 10.9. The Bertz CT molecular complexity index is 1750. The summed E-state index contributed by atoms with van der Waals surface area (Å²) in [5.74, 6) is 0.696. The summed E-state index contributed by atoms with van der Waals surface area (Å²) in [6, 6.07) is 35.2. The summed E-state index contributed by atoms with van der Waals surface area (Å²) in [5, 5.41) is 14.6. The molecule has 7 heteroatoms. The number of sulfone groups is 1. The van der Waals surface area contributed by atoms with Crippen LogP contribution in [0.15, 0.2) is 125 Å². The minimum atomic E-state index is -4.02. The maximum absolute atomic E-state index is 13.3. The molecule has 0 saturated heterocycles. The fourth-order valence-electron chi connectivity index (χ4n) is 4.04. The molecule has 0 bridgehead atoms. The van der Waals surface area contributed by atoms with Crippen LogP contribution in [0.4, 0.5) is 0 Å². The fourth-order valence-corrected chi connectivity index (χ4v) is 5.19. The van der Waals surface area contributed by atoms with Gasteiger partial charge in [-0.05, 0) is 67.1 Å². The Kier molecular flexibility index (Phi) is 7.39. The Labute approximate surface area is 228 Å². The lowest BCUT2D eigenvalue weighted by Gasteiger charge is -2.07. The van der Waals surface area contributed by atoms with E-state index in [9.17, 15) is 13.7 Å². The predicted molar refractivity (Wildman–Crippen MR) is 152 cm³/mol. The summed E-state index contributed by atoms with van der Waals surface area (Å²) in [6.45, 7) is 2.32. The summed E-state index contributed by atoms with van der Waals surface area (Å²) in [5.41, 5.74) is 4.60. The third-order valence-electron chi connectivity index (χ3n) is 6.16. The van der Waals surface area contributed by atoms with Crippen molar-refractivity contribution in [3.63, 3.8) is 0 Å². The normalized spacial score (nSPS) is 11.6. The van der Waals surface area contributed by atoms with Crippen molar-refractivity contribution in [2.45, 2.75) is 18.4 Å². The van der Waals surface area contributed by atoms with E-state index in [1.807, 2.05) is 97.9 Å². The fraction of sp³-hybridized carbons (Fsp3) is 0.0625. The van der Waals surface area contributed by atoms with Gasteiger partial charge in [-0.25, -0.2) is 13.1 Å². The molecule has 6 nitrogen and oxygen atoms in total. The molecule has 0 N–H and O–H groups in total. The van der Waals surface area contributed by atoms with Gasteiger partial charge in [-0.15, -0.1) is 0 Å². The molecule has 0 fully saturated rings. The van der Waals surface area contributed by atoms with Crippen molar-refractivity contribution in [2.75, 3.05) is 0 Å². The Hall–Kier alpha value is -4.93. The third-order valence-corrected chi connectivity index (χ3v) is 7.84. The molecule has 5 rings (SSSR count). The van der Waals surface area contributed by atoms with E-state index in [4.69, 9.17) is 9.84 Å². The zero-order valence-corrected chi connectivity index (χ0v) is 22.0. The molecule has 5 aromatic rings. The van der Waals surface area contributed by atoms with Crippen molar-refractivity contribution in [3.8, 4) is 28.8 Å². The van der Waals surface area contributed by atoms with Gasteiger partial charge >= 0.3 is 0 Å². The van der Waals surface area contributed by atoms with Gasteiger partial charge in [0.15, 0.2) is 0 Å². The van der Waals surface area contributed by atoms with Gasteiger partial charge in [0.25, 0.3) is 0 Å². The van der Waals surface area contributed by atoms with Crippen molar-refractivity contribution in [1.82, 2.24) is 9.78 Å². The van der Waals surface area contributed by atoms with E-state index in [2.05, 4.69) is 0 Å². The first-order chi connectivity index (χ1) is 18.9. The number of nitrogens with zero attached hydrogens (tertiary/aromatic N) is 3. The first kappa shape index (κ1) is 25.7. The van der Waals surface area contributed by atoms with Crippen molar-refractivity contribution >= 4 is 15.9 Å². The smallest absolute Gasteiger partial charge is 0.216 e. The summed E-state index contributed by atoms with van der Waals surface area (Å²) < 4.78 is 34.2. The molecule has 0 amide bonds. The van der Waals surface area contributed by atoms with Gasteiger partial charge in [0, 0.05) is 17.3 Å². The van der Waals surface area contributed by atoms with Gasteiger partial charge in [0.1, 0.15) is 29.0 Å². The molecule has 192 valence electrons. The molecule has 1 heterocycles. The van der Waals surface area contributed by atoms with Crippen LogP contribution in [-0.4, -0.2) is 18.2 Å². The number of benzene rings is 4. The predicted octanol–water partition coefficient (Wildman–Crippen LogP) is 6.77. The van der Waals surface area contributed by atoms with Gasteiger partial charge in [0.05, 0.1) is 10.6 Å². The van der Waals surface area contributed by atoms with Gasteiger partial charge in [-0.2, -0.15) is 10.4 Å². The zero-order valence-electron chi connectivity index (χ0n) is 21.2. The molecule has 0 saturated carbocycles. The van der Waals surface area contributed by atoms with E-state index >= 15 is 0 Å². The molecule has 0 radical (unpaired) electrons. The van der Waals surface area contributed by atoms with E-state index < -0.39 is 9.84 Å².